The molecular formula is C16H27NO. The fraction of sp³-hybridized carbons (Fsp3) is 0.625. The molecule has 0 spiro atoms. The summed E-state index contributed by atoms with van der Waals surface area (Å²) in [4.78, 5) is 0. The first-order valence-corrected chi connectivity index (χ1v) is 6.82. The zero-order valence-electron chi connectivity index (χ0n) is 12.3. The third-order valence-electron chi connectivity index (χ3n) is 3.95. The summed E-state index contributed by atoms with van der Waals surface area (Å²) in [7, 11) is 0. The summed E-state index contributed by atoms with van der Waals surface area (Å²) >= 11 is 0. The maximum Gasteiger partial charge on any atom is 0.115 e. The first-order chi connectivity index (χ1) is 8.31. The zero-order valence-corrected chi connectivity index (χ0v) is 12.3. The summed E-state index contributed by atoms with van der Waals surface area (Å²) in [5.41, 5.74) is 1.58. The van der Waals surface area contributed by atoms with Crippen LogP contribution in [0, 0.1) is 11.3 Å². The fourth-order valence-electron chi connectivity index (χ4n) is 1.70. The fourth-order valence-corrected chi connectivity index (χ4v) is 1.70. The molecule has 0 radical (unpaired) electrons. The Kier molecular flexibility index (Phi) is 5.21. The lowest BCUT2D eigenvalue weighted by Crippen LogP contribution is -2.39. The molecule has 0 aromatic heterocycles. The molecular weight excluding hydrogens is 222 g/mol. The third kappa shape index (κ3) is 4.69. The Morgan fingerprint density at radius 3 is 2.17 bits per heavy atom. The predicted octanol–water partition coefficient (Wildman–Crippen LogP) is 3.60. The SMILES string of the molecule is CC(Cc1ccc(O)cc1)NCC(C)(C)C(C)C. The molecule has 1 aromatic rings. The lowest BCUT2D eigenvalue weighted by atomic mass is 9.81. The standard InChI is InChI=1S/C16H27NO/c1-12(2)16(4,5)11-17-13(3)10-14-6-8-15(18)9-7-14/h6-9,12-13,17-18H,10-11H2,1-5H3. The maximum atomic E-state index is 9.25. The Labute approximate surface area is 111 Å². The van der Waals surface area contributed by atoms with Gasteiger partial charge in [0.1, 0.15) is 5.75 Å². The van der Waals surface area contributed by atoms with Gasteiger partial charge in [-0.05, 0) is 42.4 Å². The van der Waals surface area contributed by atoms with Gasteiger partial charge in [0.2, 0.25) is 0 Å². The number of phenolic OH excluding ortho intramolecular Hbond substituents is 1. The van der Waals surface area contributed by atoms with Crippen molar-refractivity contribution in [1.29, 1.82) is 0 Å². The zero-order chi connectivity index (χ0) is 13.8. The minimum Gasteiger partial charge on any atom is -0.508 e. The summed E-state index contributed by atoms with van der Waals surface area (Å²) in [5, 5.41) is 12.9. The first kappa shape index (κ1) is 15.0. The largest absolute Gasteiger partial charge is 0.508 e. The average Bonchev–Trinajstić information content (AvgIpc) is 2.29. The van der Waals surface area contributed by atoms with Crippen molar-refractivity contribution < 1.29 is 5.11 Å². The Hall–Kier alpha value is -1.02. The highest BCUT2D eigenvalue weighted by atomic mass is 16.3. The molecule has 1 rings (SSSR count). The molecule has 0 fully saturated rings. The van der Waals surface area contributed by atoms with Gasteiger partial charge in [0.25, 0.3) is 0 Å². The van der Waals surface area contributed by atoms with Crippen molar-refractivity contribution in [3.05, 3.63) is 29.8 Å². The number of hydrogen-bond donors (Lipinski definition) is 2. The van der Waals surface area contributed by atoms with E-state index in [0.717, 1.165) is 13.0 Å². The van der Waals surface area contributed by atoms with E-state index in [2.05, 4.69) is 39.9 Å². The van der Waals surface area contributed by atoms with Crippen LogP contribution in [0.2, 0.25) is 0 Å². The third-order valence-corrected chi connectivity index (χ3v) is 3.95. The average molecular weight is 249 g/mol. The van der Waals surface area contributed by atoms with Gasteiger partial charge in [0, 0.05) is 12.6 Å². The Bertz CT molecular complexity index is 354. The van der Waals surface area contributed by atoms with E-state index in [1.54, 1.807) is 12.1 Å². The summed E-state index contributed by atoms with van der Waals surface area (Å²) in [5.74, 6) is 1.01. The molecule has 2 heteroatoms. The van der Waals surface area contributed by atoms with Crippen LogP contribution in [0.4, 0.5) is 0 Å². The molecule has 0 aliphatic rings. The van der Waals surface area contributed by atoms with Crippen LogP contribution >= 0.6 is 0 Å². The van der Waals surface area contributed by atoms with Crippen molar-refractivity contribution in [2.24, 2.45) is 11.3 Å². The van der Waals surface area contributed by atoms with E-state index in [-0.39, 0.29) is 0 Å². The second-order valence-electron chi connectivity index (χ2n) is 6.30. The van der Waals surface area contributed by atoms with Crippen LogP contribution in [0.25, 0.3) is 0 Å². The molecule has 2 N–H and O–H groups in total. The van der Waals surface area contributed by atoms with Gasteiger partial charge in [0.05, 0.1) is 0 Å². The summed E-state index contributed by atoms with van der Waals surface area (Å²) < 4.78 is 0. The van der Waals surface area contributed by atoms with Crippen LogP contribution in [-0.4, -0.2) is 17.7 Å². The van der Waals surface area contributed by atoms with Crippen LogP contribution in [0.5, 0.6) is 5.75 Å². The Morgan fingerprint density at radius 2 is 1.67 bits per heavy atom. The highest BCUT2D eigenvalue weighted by Crippen LogP contribution is 2.25. The Morgan fingerprint density at radius 1 is 1.11 bits per heavy atom. The number of rotatable bonds is 6. The van der Waals surface area contributed by atoms with Gasteiger partial charge in [-0.1, -0.05) is 39.8 Å². The van der Waals surface area contributed by atoms with Crippen LogP contribution < -0.4 is 5.32 Å². The van der Waals surface area contributed by atoms with Gasteiger partial charge in [-0.3, -0.25) is 0 Å². The lowest BCUT2D eigenvalue weighted by Gasteiger charge is -2.31. The minimum absolute atomic E-state index is 0.323. The van der Waals surface area contributed by atoms with Crippen LogP contribution in [0.1, 0.15) is 40.2 Å². The Balaban J connectivity index is 2.42. The molecule has 1 atom stereocenters. The van der Waals surface area contributed by atoms with E-state index < -0.39 is 0 Å². The number of phenols is 1. The molecule has 102 valence electrons. The van der Waals surface area contributed by atoms with Gasteiger partial charge < -0.3 is 10.4 Å². The van der Waals surface area contributed by atoms with E-state index >= 15 is 0 Å². The number of aromatic hydroxyl groups is 1. The molecule has 0 aliphatic heterocycles. The van der Waals surface area contributed by atoms with Crippen LogP contribution in [0.3, 0.4) is 0 Å². The smallest absolute Gasteiger partial charge is 0.115 e. The summed E-state index contributed by atoms with van der Waals surface area (Å²) in [6.45, 7) is 12.4. The molecule has 1 unspecified atom stereocenters. The van der Waals surface area contributed by atoms with Crippen LogP contribution in [-0.2, 0) is 6.42 Å². The van der Waals surface area contributed by atoms with Crippen molar-refractivity contribution in [3.63, 3.8) is 0 Å². The quantitative estimate of drug-likeness (QED) is 0.807. The van der Waals surface area contributed by atoms with E-state index in [1.165, 1.54) is 5.56 Å². The summed E-state index contributed by atoms with van der Waals surface area (Å²) in [6, 6.07) is 7.93. The van der Waals surface area contributed by atoms with Crippen molar-refractivity contribution in [2.75, 3.05) is 6.54 Å². The van der Waals surface area contributed by atoms with Crippen molar-refractivity contribution in [3.8, 4) is 5.75 Å². The molecule has 0 aliphatic carbocycles. The van der Waals surface area contributed by atoms with Gasteiger partial charge in [0.15, 0.2) is 0 Å². The van der Waals surface area contributed by atoms with Gasteiger partial charge in [-0.2, -0.15) is 0 Å². The highest BCUT2D eigenvalue weighted by Gasteiger charge is 2.22. The van der Waals surface area contributed by atoms with Crippen molar-refractivity contribution in [2.45, 2.75) is 47.1 Å². The van der Waals surface area contributed by atoms with Crippen molar-refractivity contribution >= 4 is 0 Å². The number of hydrogen-bond acceptors (Lipinski definition) is 2. The molecule has 0 bridgehead atoms. The normalized spacial score (nSPS) is 13.9. The minimum atomic E-state index is 0.323. The molecule has 1 aromatic carbocycles. The molecule has 18 heavy (non-hydrogen) atoms. The second kappa shape index (κ2) is 6.24. The van der Waals surface area contributed by atoms with Crippen LogP contribution in [0.15, 0.2) is 24.3 Å². The van der Waals surface area contributed by atoms with E-state index in [0.29, 0.717) is 23.1 Å². The second-order valence-corrected chi connectivity index (χ2v) is 6.30. The van der Waals surface area contributed by atoms with Gasteiger partial charge >= 0.3 is 0 Å². The van der Waals surface area contributed by atoms with E-state index in [4.69, 9.17) is 0 Å². The van der Waals surface area contributed by atoms with E-state index in [9.17, 15) is 5.11 Å². The predicted molar refractivity (Wildman–Crippen MR) is 77.9 cm³/mol. The van der Waals surface area contributed by atoms with E-state index in [1.807, 2.05) is 12.1 Å². The number of nitrogens with one attached hydrogen (secondary N) is 1. The molecule has 0 saturated carbocycles. The molecule has 0 amide bonds. The maximum absolute atomic E-state index is 9.25. The highest BCUT2D eigenvalue weighted by molar-refractivity contribution is 5.26. The first-order valence-electron chi connectivity index (χ1n) is 6.82. The molecule has 2 nitrogen and oxygen atoms in total. The lowest BCUT2D eigenvalue weighted by molar-refractivity contribution is 0.230. The van der Waals surface area contributed by atoms with Gasteiger partial charge in [-0.15, -0.1) is 0 Å². The monoisotopic (exact) mass is 249 g/mol. The topological polar surface area (TPSA) is 32.3 Å². The summed E-state index contributed by atoms with van der Waals surface area (Å²) in [6.07, 6.45) is 0.994. The molecule has 0 saturated heterocycles. The molecule has 0 heterocycles. The van der Waals surface area contributed by atoms with Gasteiger partial charge in [-0.25, -0.2) is 0 Å². The number of benzene rings is 1. The van der Waals surface area contributed by atoms with Crippen molar-refractivity contribution in [1.82, 2.24) is 5.32 Å².